The molecule has 7 nitrogen and oxygen atoms in total. The summed E-state index contributed by atoms with van der Waals surface area (Å²) in [5.41, 5.74) is 4.98. The maximum Gasteiger partial charge on any atom is 0.340 e. The molecule has 1 rings (SSSR count). The fraction of sp³-hybridized carbons (Fsp3) is 0.231. The van der Waals surface area contributed by atoms with Gasteiger partial charge >= 0.3 is 5.97 Å². The number of esters is 1. The molecule has 0 aliphatic rings. The van der Waals surface area contributed by atoms with Crippen molar-refractivity contribution in [2.24, 2.45) is 5.73 Å². The quantitative estimate of drug-likeness (QED) is 0.530. The summed E-state index contributed by atoms with van der Waals surface area (Å²) < 4.78 is 31.5. The number of amides is 1. The number of carbonyl (C=O) groups is 2. The van der Waals surface area contributed by atoms with Crippen LogP contribution in [0, 0.1) is 0 Å². The van der Waals surface area contributed by atoms with E-state index in [0.29, 0.717) is 4.47 Å². The van der Waals surface area contributed by atoms with E-state index in [1.54, 1.807) is 0 Å². The highest BCUT2D eigenvalue weighted by molar-refractivity contribution is 9.10. The highest BCUT2D eigenvalue weighted by atomic mass is 79.9. The summed E-state index contributed by atoms with van der Waals surface area (Å²) in [5, 5.41) is 0. The van der Waals surface area contributed by atoms with E-state index < -0.39 is 28.0 Å². The molecule has 0 aliphatic heterocycles. The number of benzene rings is 1. The van der Waals surface area contributed by atoms with Gasteiger partial charge < -0.3 is 10.5 Å². The zero-order valence-corrected chi connectivity index (χ0v) is 14.1. The molecule has 0 aliphatic carbocycles. The Labute approximate surface area is 136 Å². The van der Waals surface area contributed by atoms with Crippen molar-refractivity contribution < 1.29 is 22.7 Å². The summed E-state index contributed by atoms with van der Waals surface area (Å²) in [6, 6.07) is 3.86. The molecule has 120 valence electrons. The molecule has 1 aromatic rings. The Kier molecular flexibility index (Phi) is 6.27. The first kappa shape index (κ1) is 18.3. The second-order valence-corrected chi connectivity index (χ2v) is 6.85. The van der Waals surface area contributed by atoms with Gasteiger partial charge in [-0.25, -0.2) is 17.9 Å². The fourth-order valence-electron chi connectivity index (χ4n) is 1.36. The Morgan fingerprint density at radius 1 is 1.50 bits per heavy atom. The number of nitrogens with one attached hydrogen (secondary N) is 1. The first-order valence-corrected chi connectivity index (χ1v) is 8.37. The highest BCUT2D eigenvalue weighted by Crippen LogP contribution is 2.22. The Balaban J connectivity index is 3.12. The van der Waals surface area contributed by atoms with Crippen molar-refractivity contribution in [3.05, 3.63) is 40.9 Å². The molecule has 0 spiro atoms. The monoisotopic (exact) mass is 390 g/mol. The molecule has 0 bridgehead atoms. The van der Waals surface area contributed by atoms with Crippen molar-refractivity contribution in [1.29, 1.82) is 0 Å². The van der Waals surface area contributed by atoms with Gasteiger partial charge in [0, 0.05) is 11.0 Å². The molecule has 1 atom stereocenters. The lowest BCUT2D eigenvalue weighted by Gasteiger charge is -2.12. The molecule has 0 aromatic heterocycles. The highest BCUT2D eigenvalue weighted by Gasteiger charge is 2.21. The van der Waals surface area contributed by atoms with Crippen LogP contribution in [0.2, 0.25) is 0 Å². The molecule has 1 aromatic carbocycles. The number of sulfonamides is 1. The fourth-order valence-corrected chi connectivity index (χ4v) is 2.79. The van der Waals surface area contributed by atoms with Crippen LogP contribution in [0.4, 0.5) is 0 Å². The summed E-state index contributed by atoms with van der Waals surface area (Å²) >= 11 is 3.13. The third kappa shape index (κ3) is 4.65. The van der Waals surface area contributed by atoms with Crippen LogP contribution in [0.5, 0.6) is 0 Å². The number of primary amides is 1. The number of rotatable bonds is 7. The first-order valence-electron chi connectivity index (χ1n) is 6.09. The third-order valence-corrected chi connectivity index (χ3v) is 4.68. The minimum atomic E-state index is -3.78. The van der Waals surface area contributed by atoms with Crippen molar-refractivity contribution in [1.82, 2.24) is 4.72 Å². The predicted octanol–water partition coefficient (Wildman–Crippen LogP) is 0.944. The SMILES string of the molecule is C=CCNS(=O)(=O)c1ccc(Br)c(C(=O)O[C@@H](C)C(N)=O)c1. The summed E-state index contributed by atoms with van der Waals surface area (Å²) in [7, 11) is -3.78. The predicted molar refractivity (Wildman–Crippen MR) is 83.6 cm³/mol. The van der Waals surface area contributed by atoms with Gasteiger partial charge in [0.25, 0.3) is 5.91 Å². The zero-order valence-electron chi connectivity index (χ0n) is 11.7. The van der Waals surface area contributed by atoms with E-state index in [-0.39, 0.29) is 17.0 Å². The number of nitrogens with two attached hydrogens (primary N) is 1. The van der Waals surface area contributed by atoms with Crippen molar-refractivity contribution in [3.63, 3.8) is 0 Å². The average molecular weight is 391 g/mol. The van der Waals surface area contributed by atoms with E-state index in [1.165, 1.54) is 25.1 Å². The molecule has 3 N–H and O–H groups in total. The minimum absolute atomic E-state index is 0.0328. The van der Waals surface area contributed by atoms with Crippen LogP contribution in [0.3, 0.4) is 0 Å². The Hall–Kier alpha value is -1.71. The van der Waals surface area contributed by atoms with Gasteiger partial charge in [-0.2, -0.15) is 0 Å². The number of carbonyl (C=O) groups excluding carboxylic acids is 2. The Bertz CT molecular complexity index is 702. The van der Waals surface area contributed by atoms with Gasteiger partial charge in [0.2, 0.25) is 10.0 Å². The van der Waals surface area contributed by atoms with Crippen LogP contribution in [-0.2, 0) is 19.6 Å². The molecule has 0 saturated carbocycles. The number of halogens is 1. The summed E-state index contributed by atoms with van der Waals surface area (Å²) in [6.45, 7) is 4.79. The minimum Gasteiger partial charge on any atom is -0.449 e. The molecule has 0 heterocycles. The first-order chi connectivity index (χ1) is 10.2. The average Bonchev–Trinajstić information content (AvgIpc) is 2.45. The second-order valence-electron chi connectivity index (χ2n) is 4.23. The van der Waals surface area contributed by atoms with E-state index >= 15 is 0 Å². The lowest BCUT2D eigenvalue weighted by Crippen LogP contribution is -2.30. The van der Waals surface area contributed by atoms with E-state index in [9.17, 15) is 18.0 Å². The van der Waals surface area contributed by atoms with Gasteiger partial charge in [0.15, 0.2) is 6.10 Å². The van der Waals surface area contributed by atoms with Crippen molar-refractivity contribution in [2.75, 3.05) is 6.54 Å². The van der Waals surface area contributed by atoms with Crippen molar-refractivity contribution in [2.45, 2.75) is 17.9 Å². The topological polar surface area (TPSA) is 116 Å². The van der Waals surface area contributed by atoms with Gasteiger partial charge in [-0.05, 0) is 41.1 Å². The van der Waals surface area contributed by atoms with Crippen molar-refractivity contribution in [3.8, 4) is 0 Å². The molecular weight excluding hydrogens is 376 g/mol. The van der Waals surface area contributed by atoms with Gasteiger partial charge in [-0.1, -0.05) is 6.08 Å². The Morgan fingerprint density at radius 3 is 2.68 bits per heavy atom. The molecule has 0 radical (unpaired) electrons. The molecule has 9 heteroatoms. The van der Waals surface area contributed by atoms with Gasteiger partial charge in [0.1, 0.15) is 0 Å². The van der Waals surface area contributed by atoms with E-state index in [0.717, 1.165) is 6.07 Å². The molecule has 22 heavy (non-hydrogen) atoms. The van der Waals surface area contributed by atoms with Crippen LogP contribution in [0.25, 0.3) is 0 Å². The van der Waals surface area contributed by atoms with Crippen LogP contribution < -0.4 is 10.5 Å². The maximum atomic E-state index is 12.0. The smallest absolute Gasteiger partial charge is 0.340 e. The standard InChI is InChI=1S/C13H15BrN2O5S/c1-3-6-16-22(19,20)9-4-5-11(14)10(7-9)13(18)21-8(2)12(15)17/h3-5,7-8,16H,1,6H2,2H3,(H2,15,17)/t8-/m0/s1. The van der Waals surface area contributed by atoms with E-state index in [4.69, 9.17) is 10.5 Å². The van der Waals surface area contributed by atoms with Gasteiger partial charge in [-0.3, -0.25) is 4.79 Å². The third-order valence-electron chi connectivity index (χ3n) is 2.57. The molecule has 0 unspecified atom stereocenters. The summed E-state index contributed by atoms with van der Waals surface area (Å²) in [6.07, 6.45) is 0.263. The zero-order chi connectivity index (χ0) is 16.9. The molecule has 1 amide bonds. The van der Waals surface area contributed by atoms with Crippen LogP contribution in [-0.4, -0.2) is 32.9 Å². The van der Waals surface area contributed by atoms with Crippen molar-refractivity contribution >= 4 is 37.8 Å². The molecular formula is C13H15BrN2O5S. The Morgan fingerprint density at radius 2 is 2.14 bits per heavy atom. The summed E-state index contributed by atoms with van der Waals surface area (Å²) in [4.78, 5) is 22.8. The van der Waals surface area contributed by atoms with Gasteiger partial charge in [-0.15, -0.1) is 6.58 Å². The summed E-state index contributed by atoms with van der Waals surface area (Å²) in [5.74, 6) is -1.67. The van der Waals surface area contributed by atoms with Gasteiger partial charge in [0.05, 0.1) is 10.5 Å². The lowest BCUT2D eigenvalue weighted by molar-refractivity contribution is -0.125. The lowest BCUT2D eigenvalue weighted by atomic mass is 10.2. The number of hydrogen-bond donors (Lipinski definition) is 2. The molecule has 0 fully saturated rings. The largest absolute Gasteiger partial charge is 0.449 e. The maximum absolute atomic E-state index is 12.0. The van der Waals surface area contributed by atoms with Crippen LogP contribution in [0.1, 0.15) is 17.3 Å². The van der Waals surface area contributed by atoms with E-state index in [2.05, 4.69) is 27.2 Å². The number of hydrogen-bond acceptors (Lipinski definition) is 5. The van der Waals surface area contributed by atoms with Crippen LogP contribution >= 0.6 is 15.9 Å². The van der Waals surface area contributed by atoms with E-state index in [1.807, 2.05) is 0 Å². The number of ether oxygens (including phenoxy) is 1. The normalized spacial score (nSPS) is 12.5. The van der Waals surface area contributed by atoms with Crippen LogP contribution in [0.15, 0.2) is 40.2 Å². The second kappa shape index (κ2) is 7.52. The molecule has 0 saturated heterocycles.